The Kier molecular flexibility index (Phi) is 4.78. The number of nitrogens with zero attached hydrogens (tertiary/aromatic N) is 1. The second kappa shape index (κ2) is 5.67. The van der Waals surface area contributed by atoms with Gasteiger partial charge in [0.15, 0.2) is 0 Å². The highest BCUT2D eigenvalue weighted by atomic mass is 16.4. The lowest BCUT2D eigenvalue weighted by molar-refractivity contribution is -0.153. The maximum atomic E-state index is 11.7. The van der Waals surface area contributed by atoms with E-state index in [0.29, 0.717) is 6.04 Å². The molecule has 0 aromatic rings. The molecule has 0 spiro atoms. The first kappa shape index (κ1) is 13.5. The van der Waals surface area contributed by atoms with Gasteiger partial charge < -0.3 is 5.11 Å². The van der Waals surface area contributed by atoms with E-state index in [4.69, 9.17) is 0 Å². The number of hydrogen-bond donors (Lipinski definition) is 1. The highest BCUT2D eigenvalue weighted by Gasteiger charge is 2.47. The largest absolute Gasteiger partial charge is 0.480 e. The van der Waals surface area contributed by atoms with Gasteiger partial charge in [-0.05, 0) is 32.2 Å². The molecule has 3 nitrogen and oxygen atoms in total. The van der Waals surface area contributed by atoms with Crippen LogP contribution in [0, 0.1) is 0 Å². The average Bonchev–Trinajstić information content (AvgIpc) is 3.03. The molecule has 0 radical (unpaired) electrons. The maximum Gasteiger partial charge on any atom is 0.324 e. The van der Waals surface area contributed by atoms with Crippen LogP contribution in [0.15, 0.2) is 0 Å². The van der Waals surface area contributed by atoms with E-state index in [9.17, 15) is 9.90 Å². The molecule has 1 N–H and O–H groups in total. The van der Waals surface area contributed by atoms with Crippen molar-refractivity contribution in [3.05, 3.63) is 0 Å². The highest BCUT2D eigenvalue weighted by molar-refractivity contribution is 5.79. The molecule has 0 bridgehead atoms. The Hall–Kier alpha value is -0.570. The molecule has 0 aliphatic heterocycles. The molecule has 0 atom stereocenters. The number of carboxylic acid groups (broad SMARTS) is 1. The lowest BCUT2D eigenvalue weighted by atomic mass is 9.86. The van der Waals surface area contributed by atoms with Gasteiger partial charge in [-0.15, -0.1) is 0 Å². The highest BCUT2D eigenvalue weighted by Crippen LogP contribution is 2.37. The fraction of sp³-hybridized carbons (Fsp3) is 0.923. The maximum absolute atomic E-state index is 11.7. The summed E-state index contributed by atoms with van der Waals surface area (Å²) in [6.07, 6.45) is 5.79. The van der Waals surface area contributed by atoms with Crippen LogP contribution in [0.2, 0.25) is 0 Å². The Labute approximate surface area is 98.8 Å². The predicted octanol–water partition coefficient (Wildman–Crippen LogP) is 2.89. The molecule has 1 fully saturated rings. The van der Waals surface area contributed by atoms with Gasteiger partial charge in [-0.3, -0.25) is 9.69 Å². The molecule has 94 valence electrons. The van der Waals surface area contributed by atoms with Crippen molar-refractivity contribution >= 4 is 5.97 Å². The molecule has 0 aromatic heterocycles. The molecule has 16 heavy (non-hydrogen) atoms. The third-order valence-corrected chi connectivity index (χ3v) is 3.60. The summed E-state index contributed by atoms with van der Waals surface area (Å²) in [5.74, 6) is -0.620. The van der Waals surface area contributed by atoms with Crippen molar-refractivity contribution in [2.45, 2.75) is 70.9 Å². The van der Waals surface area contributed by atoms with Gasteiger partial charge in [-0.2, -0.15) is 0 Å². The van der Waals surface area contributed by atoms with Crippen LogP contribution in [0.3, 0.4) is 0 Å². The first-order valence-corrected chi connectivity index (χ1v) is 6.62. The van der Waals surface area contributed by atoms with Crippen molar-refractivity contribution in [1.29, 1.82) is 0 Å². The van der Waals surface area contributed by atoms with Crippen LogP contribution in [0.5, 0.6) is 0 Å². The summed E-state index contributed by atoms with van der Waals surface area (Å²) in [7, 11) is 0. The predicted molar refractivity (Wildman–Crippen MR) is 65.6 cm³/mol. The zero-order valence-corrected chi connectivity index (χ0v) is 10.8. The number of carbonyl (C=O) groups is 1. The second-order valence-electron chi connectivity index (χ2n) is 4.85. The number of carboxylic acids is 1. The van der Waals surface area contributed by atoms with Gasteiger partial charge in [0.25, 0.3) is 0 Å². The Bertz CT molecular complexity index is 230. The molecule has 1 saturated carbocycles. The van der Waals surface area contributed by atoms with Gasteiger partial charge in [-0.1, -0.05) is 33.6 Å². The summed E-state index contributed by atoms with van der Waals surface area (Å²) < 4.78 is 0. The SMILES string of the molecule is CCCC(CCC)(C(=O)O)N(CC)C1CC1. The zero-order valence-electron chi connectivity index (χ0n) is 10.8. The second-order valence-corrected chi connectivity index (χ2v) is 4.85. The quantitative estimate of drug-likeness (QED) is 0.693. The third-order valence-electron chi connectivity index (χ3n) is 3.60. The van der Waals surface area contributed by atoms with E-state index in [-0.39, 0.29) is 0 Å². The van der Waals surface area contributed by atoms with Crippen LogP contribution in [0.1, 0.15) is 59.3 Å². The van der Waals surface area contributed by atoms with E-state index in [2.05, 4.69) is 25.7 Å². The van der Waals surface area contributed by atoms with Crippen molar-refractivity contribution in [3.8, 4) is 0 Å². The zero-order chi connectivity index (χ0) is 12.2. The smallest absolute Gasteiger partial charge is 0.324 e. The summed E-state index contributed by atoms with van der Waals surface area (Å²) in [6.45, 7) is 7.10. The first-order chi connectivity index (χ1) is 7.62. The molecular formula is C13H25NO2. The topological polar surface area (TPSA) is 40.5 Å². The molecule has 1 aliphatic rings. The van der Waals surface area contributed by atoms with Crippen LogP contribution in [0.25, 0.3) is 0 Å². The van der Waals surface area contributed by atoms with Gasteiger partial charge in [0.2, 0.25) is 0 Å². The molecule has 1 aliphatic carbocycles. The first-order valence-electron chi connectivity index (χ1n) is 6.62. The Morgan fingerprint density at radius 3 is 2.00 bits per heavy atom. The van der Waals surface area contributed by atoms with Gasteiger partial charge in [0.05, 0.1) is 0 Å². The Morgan fingerprint density at radius 1 is 1.25 bits per heavy atom. The van der Waals surface area contributed by atoms with E-state index in [1.807, 2.05) is 0 Å². The van der Waals surface area contributed by atoms with Crippen molar-refractivity contribution in [1.82, 2.24) is 4.90 Å². The van der Waals surface area contributed by atoms with E-state index in [1.165, 1.54) is 12.8 Å². The minimum Gasteiger partial charge on any atom is -0.480 e. The van der Waals surface area contributed by atoms with E-state index in [1.54, 1.807) is 0 Å². The summed E-state index contributed by atoms with van der Waals surface area (Å²) in [5, 5.41) is 9.62. The minimum atomic E-state index is -0.620. The molecule has 0 heterocycles. The van der Waals surface area contributed by atoms with Crippen molar-refractivity contribution in [3.63, 3.8) is 0 Å². The van der Waals surface area contributed by atoms with Crippen LogP contribution in [-0.2, 0) is 4.79 Å². The van der Waals surface area contributed by atoms with Gasteiger partial charge in [0.1, 0.15) is 5.54 Å². The number of hydrogen-bond acceptors (Lipinski definition) is 2. The van der Waals surface area contributed by atoms with Crippen molar-refractivity contribution < 1.29 is 9.90 Å². The summed E-state index contributed by atoms with van der Waals surface area (Å²) in [4.78, 5) is 13.9. The van der Waals surface area contributed by atoms with Crippen LogP contribution in [0.4, 0.5) is 0 Å². The molecule has 3 heteroatoms. The molecule has 0 amide bonds. The van der Waals surface area contributed by atoms with E-state index >= 15 is 0 Å². The van der Waals surface area contributed by atoms with Crippen molar-refractivity contribution in [2.75, 3.05) is 6.54 Å². The third kappa shape index (κ3) is 2.57. The fourth-order valence-electron chi connectivity index (χ4n) is 2.87. The van der Waals surface area contributed by atoms with Crippen LogP contribution in [-0.4, -0.2) is 34.1 Å². The van der Waals surface area contributed by atoms with Crippen molar-refractivity contribution in [2.24, 2.45) is 0 Å². The number of rotatable bonds is 8. The summed E-state index contributed by atoms with van der Waals surface area (Å²) in [6, 6.07) is 0.527. The lowest BCUT2D eigenvalue weighted by Crippen LogP contribution is -2.55. The van der Waals surface area contributed by atoms with E-state index < -0.39 is 11.5 Å². The fourth-order valence-corrected chi connectivity index (χ4v) is 2.87. The molecule has 1 rings (SSSR count). The normalized spacial score (nSPS) is 16.8. The molecule has 0 aromatic carbocycles. The molecule has 0 saturated heterocycles. The molecule has 0 unspecified atom stereocenters. The van der Waals surface area contributed by atoms with Crippen LogP contribution < -0.4 is 0 Å². The summed E-state index contributed by atoms with van der Waals surface area (Å²) in [5.41, 5.74) is -0.598. The lowest BCUT2D eigenvalue weighted by Gasteiger charge is -2.40. The Morgan fingerprint density at radius 2 is 1.75 bits per heavy atom. The standard InChI is InChI=1S/C13H25NO2/c1-4-9-13(10-5-2,12(15)16)14(6-3)11-7-8-11/h11H,4-10H2,1-3H3,(H,15,16). The average molecular weight is 227 g/mol. The number of aliphatic carboxylic acids is 1. The van der Waals surface area contributed by atoms with Crippen LogP contribution >= 0.6 is 0 Å². The van der Waals surface area contributed by atoms with Gasteiger partial charge >= 0.3 is 5.97 Å². The summed E-state index contributed by atoms with van der Waals surface area (Å²) >= 11 is 0. The van der Waals surface area contributed by atoms with Gasteiger partial charge in [0, 0.05) is 6.04 Å². The minimum absolute atomic E-state index is 0.527. The number of likely N-dealkylation sites (N-methyl/N-ethyl adjacent to an activating group) is 1. The van der Waals surface area contributed by atoms with E-state index in [0.717, 1.165) is 32.2 Å². The van der Waals surface area contributed by atoms with Gasteiger partial charge in [-0.25, -0.2) is 0 Å². The Balaban J connectivity index is 2.91. The monoisotopic (exact) mass is 227 g/mol. The molecular weight excluding hydrogens is 202 g/mol.